The van der Waals surface area contributed by atoms with Crippen LogP contribution in [0.4, 0.5) is 4.79 Å². The maximum absolute atomic E-state index is 12.7. The van der Waals surface area contributed by atoms with Crippen molar-refractivity contribution in [3.63, 3.8) is 0 Å². The molecule has 2 aliphatic rings. The molecule has 1 unspecified atom stereocenters. The predicted octanol–water partition coefficient (Wildman–Crippen LogP) is 2.79. The molecule has 6 nitrogen and oxygen atoms in total. The molecule has 4 rings (SSSR count). The van der Waals surface area contributed by atoms with Gasteiger partial charge in [-0.05, 0) is 42.5 Å². The van der Waals surface area contributed by atoms with Crippen LogP contribution in [0.5, 0.6) is 0 Å². The highest BCUT2D eigenvalue weighted by molar-refractivity contribution is 7.10. The topological polar surface area (TPSA) is 58.0 Å². The summed E-state index contributed by atoms with van der Waals surface area (Å²) in [5.74, 6) is 1.80. The fraction of sp³-hybridized carbons (Fsp3) is 0.526. The van der Waals surface area contributed by atoms with Gasteiger partial charge in [-0.1, -0.05) is 0 Å². The lowest BCUT2D eigenvalue weighted by atomic mass is 10.1. The largest absolute Gasteiger partial charge is 0.465 e. The van der Waals surface area contributed by atoms with Crippen LogP contribution >= 0.6 is 11.3 Å². The van der Waals surface area contributed by atoms with E-state index >= 15 is 0 Å². The first-order valence-electron chi connectivity index (χ1n) is 9.17. The Bertz CT molecular complexity index is 751. The van der Waals surface area contributed by atoms with Gasteiger partial charge in [0.05, 0.1) is 19.3 Å². The third-order valence-electron chi connectivity index (χ3n) is 5.12. The summed E-state index contributed by atoms with van der Waals surface area (Å²) in [4.78, 5) is 18.3. The second-order valence-electron chi connectivity index (χ2n) is 6.84. The minimum atomic E-state index is 0.00314. The van der Waals surface area contributed by atoms with Gasteiger partial charge in [0.15, 0.2) is 0 Å². The summed E-state index contributed by atoms with van der Waals surface area (Å²) in [5, 5.41) is 5.24. The standard InChI is InChI=1S/C19H25N3O3S/c1-14-2-3-17(25-14)16(21-7-9-24-10-8-21)12-20-19(23)22-6-4-18-15(13-22)5-11-26-18/h2-3,5,11,16H,4,6-10,12-13H2,1H3,(H,20,23). The lowest BCUT2D eigenvalue weighted by molar-refractivity contribution is 0.0119. The van der Waals surface area contributed by atoms with Gasteiger partial charge in [0, 0.05) is 37.6 Å². The highest BCUT2D eigenvalue weighted by Gasteiger charge is 2.27. The van der Waals surface area contributed by atoms with Crippen LogP contribution < -0.4 is 5.32 Å². The molecule has 4 heterocycles. The molecule has 2 aromatic rings. The normalized spacial score (nSPS) is 19.2. The van der Waals surface area contributed by atoms with Crippen molar-refractivity contribution < 1.29 is 13.9 Å². The third kappa shape index (κ3) is 3.79. The smallest absolute Gasteiger partial charge is 0.317 e. The fourth-order valence-corrected chi connectivity index (χ4v) is 4.54. The van der Waals surface area contributed by atoms with Crippen LogP contribution in [0.1, 0.15) is 28.0 Å². The quantitative estimate of drug-likeness (QED) is 0.893. The summed E-state index contributed by atoms with van der Waals surface area (Å²) in [6.45, 7) is 7.11. The number of fused-ring (bicyclic) bond motifs is 1. The molecular formula is C19H25N3O3S. The molecule has 7 heteroatoms. The number of carbonyl (C=O) groups excluding carboxylic acids is 1. The number of rotatable bonds is 4. The Morgan fingerprint density at radius 1 is 1.27 bits per heavy atom. The van der Waals surface area contributed by atoms with Crippen molar-refractivity contribution in [2.75, 3.05) is 39.4 Å². The van der Waals surface area contributed by atoms with E-state index in [9.17, 15) is 4.79 Å². The third-order valence-corrected chi connectivity index (χ3v) is 6.14. The van der Waals surface area contributed by atoms with Gasteiger partial charge in [0.1, 0.15) is 11.5 Å². The Hall–Kier alpha value is -1.83. The number of furan rings is 1. The molecule has 2 aromatic heterocycles. The average molecular weight is 375 g/mol. The molecule has 1 atom stereocenters. The average Bonchev–Trinajstić information content (AvgIpc) is 3.31. The van der Waals surface area contributed by atoms with Crippen LogP contribution in [0.25, 0.3) is 0 Å². The molecule has 0 spiro atoms. The number of nitrogens with one attached hydrogen (secondary N) is 1. The zero-order chi connectivity index (χ0) is 17.9. The van der Waals surface area contributed by atoms with E-state index in [-0.39, 0.29) is 12.1 Å². The van der Waals surface area contributed by atoms with Gasteiger partial charge < -0.3 is 19.4 Å². The van der Waals surface area contributed by atoms with Crippen LogP contribution in [0.3, 0.4) is 0 Å². The Labute approximate surface area is 157 Å². The summed E-state index contributed by atoms with van der Waals surface area (Å²) in [7, 11) is 0. The number of carbonyl (C=O) groups is 1. The second kappa shape index (κ2) is 7.82. The monoisotopic (exact) mass is 375 g/mol. The van der Waals surface area contributed by atoms with E-state index in [0.717, 1.165) is 50.8 Å². The number of nitrogens with zero attached hydrogens (tertiary/aromatic N) is 2. The maximum Gasteiger partial charge on any atom is 0.317 e. The van der Waals surface area contributed by atoms with E-state index in [1.165, 1.54) is 10.4 Å². The number of hydrogen-bond acceptors (Lipinski definition) is 5. The van der Waals surface area contributed by atoms with Crippen molar-refractivity contribution in [2.45, 2.75) is 25.9 Å². The van der Waals surface area contributed by atoms with Crippen LogP contribution in [0.15, 0.2) is 28.0 Å². The number of amides is 2. The van der Waals surface area contributed by atoms with Crippen LogP contribution in [-0.4, -0.2) is 55.2 Å². The zero-order valence-corrected chi connectivity index (χ0v) is 15.9. The molecule has 26 heavy (non-hydrogen) atoms. The Morgan fingerprint density at radius 2 is 2.12 bits per heavy atom. The van der Waals surface area contributed by atoms with E-state index in [4.69, 9.17) is 9.15 Å². The molecule has 0 aromatic carbocycles. The number of thiophene rings is 1. The fourth-order valence-electron chi connectivity index (χ4n) is 3.65. The van der Waals surface area contributed by atoms with Crippen LogP contribution in [0.2, 0.25) is 0 Å². The van der Waals surface area contributed by atoms with Gasteiger partial charge in [0.25, 0.3) is 0 Å². The van der Waals surface area contributed by atoms with Gasteiger partial charge >= 0.3 is 6.03 Å². The molecular weight excluding hydrogens is 350 g/mol. The minimum Gasteiger partial charge on any atom is -0.465 e. The van der Waals surface area contributed by atoms with Gasteiger partial charge in [-0.3, -0.25) is 4.90 Å². The van der Waals surface area contributed by atoms with Gasteiger partial charge in [-0.2, -0.15) is 0 Å². The summed E-state index contributed by atoms with van der Waals surface area (Å²) in [5.41, 5.74) is 1.28. The summed E-state index contributed by atoms with van der Waals surface area (Å²) in [6, 6.07) is 6.16. The molecule has 140 valence electrons. The lowest BCUT2D eigenvalue weighted by Gasteiger charge is -2.34. The number of morpholine rings is 1. The highest BCUT2D eigenvalue weighted by atomic mass is 32.1. The van der Waals surface area contributed by atoms with Crippen molar-refractivity contribution in [3.05, 3.63) is 45.5 Å². The zero-order valence-electron chi connectivity index (χ0n) is 15.1. The first-order chi connectivity index (χ1) is 12.7. The minimum absolute atomic E-state index is 0.00314. The SMILES string of the molecule is Cc1ccc(C(CNC(=O)N2CCc3sccc3C2)N2CCOCC2)o1. The first-order valence-corrected chi connectivity index (χ1v) is 10.0. The van der Waals surface area contributed by atoms with Crippen molar-refractivity contribution >= 4 is 17.4 Å². The molecule has 1 fully saturated rings. The first kappa shape index (κ1) is 17.6. The Kier molecular flexibility index (Phi) is 5.28. The lowest BCUT2D eigenvalue weighted by Crippen LogP contribution is -2.47. The molecule has 0 aliphatic carbocycles. The molecule has 1 saturated heterocycles. The maximum atomic E-state index is 12.7. The molecule has 2 aliphatic heterocycles. The Balaban J connectivity index is 1.40. The van der Waals surface area contributed by atoms with Gasteiger partial charge in [-0.25, -0.2) is 4.79 Å². The van der Waals surface area contributed by atoms with Crippen LogP contribution in [-0.2, 0) is 17.7 Å². The van der Waals surface area contributed by atoms with Gasteiger partial charge in [0.2, 0.25) is 0 Å². The molecule has 2 amide bonds. The second-order valence-corrected chi connectivity index (χ2v) is 7.84. The van der Waals surface area contributed by atoms with Crippen molar-refractivity contribution in [2.24, 2.45) is 0 Å². The van der Waals surface area contributed by atoms with E-state index < -0.39 is 0 Å². The van der Waals surface area contributed by atoms with E-state index in [2.05, 4.69) is 21.7 Å². The number of urea groups is 1. The number of hydrogen-bond donors (Lipinski definition) is 1. The molecule has 1 N–H and O–H groups in total. The Morgan fingerprint density at radius 3 is 2.88 bits per heavy atom. The van der Waals surface area contributed by atoms with Crippen LogP contribution in [0, 0.1) is 6.92 Å². The summed E-state index contributed by atoms with van der Waals surface area (Å²) in [6.07, 6.45) is 0.949. The van der Waals surface area contributed by atoms with Crippen molar-refractivity contribution in [3.8, 4) is 0 Å². The van der Waals surface area contributed by atoms with E-state index in [1.807, 2.05) is 24.0 Å². The number of ether oxygens (including phenoxy) is 1. The van der Waals surface area contributed by atoms with Crippen molar-refractivity contribution in [1.82, 2.24) is 15.1 Å². The highest BCUT2D eigenvalue weighted by Crippen LogP contribution is 2.25. The number of aryl methyl sites for hydroxylation is 1. The predicted molar refractivity (Wildman–Crippen MR) is 100 cm³/mol. The van der Waals surface area contributed by atoms with Crippen molar-refractivity contribution in [1.29, 1.82) is 0 Å². The van der Waals surface area contributed by atoms with Gasteiger partial charge in [-0.15, -0.1) is 11.3 Å². The molecule has 0 saturated carbocycles. The van der Waals surface area contributed by atoms with E-state index in [1.54, 1.807) is 11.3 Å². The molecule has 0 bridgehead atoms. The molecule has 0 radical (unpaired) electrons. The van der Waals surface area contributed by atoms with E-state index in [0.29, 0.717) is 13.1 Å². The summed E-state index contributed by atoms with van der Waals surface area (Å²) >= 11 is 1.79. The summed E-state index contributed by atoms with van der Waals surface area (Å²) < 4.78 is 11.3.